The zero-order chi connectivity index (χ0) is 8.27. The van der Waals surface area contributed by atoms with Gasteiger partial charge in [0.2, 0.25) is 5.89 Å². The maximum atomic E-state index is 8.73. The molecule has 60 valence electrons. The molecule has 0 fully saturated rings. The molecular formula is C6H11BN2O2. The molecule has 0 radical (unpaired) electrons. The fourth-order valence-electron chi connectivity index (χ4n) is 0.982. The molecule has 0 saturated heterocycles. The minimum Gasteiger partial charge on any atom is -0.465 e. The van der Waals surface area contributed by atoms with Gasteiger partial charge >= 0.3 is 6.08 Å². The van der Waals surface area contributed by atoms with Crippen LogP contribution in [-0.2, 0) is 0 Å². The Kier molecular flexibility index (Phi) is 2.51. The van der Waals surface area contributed by atoms with E-state index in [4.69, 9.17) is 9.52 Å². The molecule has 1 unspecified atom stereocenters. The summed E-state index contributed by atoms with van der Waals surface area (Å²) in [6.07, 6.45) is 0.729. The first-order valence-electron chi connectivity index (χ1n) is 3.76. The van der Waals surface area contributed by atoms with E-state index in [0.717, 1.165) is 13.6 Å². The molecule has 0 bridgehead atoms. The number of nitrogens with zero attached hydrogens (tertiary/aromatic N) is 2. The second-order valence-electron chi connectivity index (χ2n) is 2.61. The molecule has 1 atom stereocenters. The molecule has 11 heavy (non-hydrogen) atoms. The monoisotopic (exact) mass is 154 g/mol. The SMILES string of the molecule is CCBC(C)c1nnc(O)o1. The molecule has 0 spiro atoms. The summed E-state index contributed by atoms with van der Waals surface area (Å²) < 4.78 is 4.83. The first-order valence-corrected chi connectivity index (χ1v) is 3.76. The Morgan fingerprint density at radius 2 is 2.36 bits per heavy atom. The predicted octanol–water partition coefficient (Wildman–Crippen LogP) is 0.711. The van der Waals surface area contributed by atoms with Crippen molar-refractivity contribution in [3.63, 3.8) is 0 Å². The quantitative estimate of drug-likeness (QED) is 0.651. The molecule has 0 aliphatic heterocycles. The zero-order valence-electron chi connectivity index (χ0n) is 6.74. The molecule has 0 aliphatic carbocycles. The van der Waals surface area contributed by atoms with Crippen molar-refractivity contribution in [2.24, 2.45) is 0 Å². The van der Waals surface area contributed by atoms with Crippen molar-refractivity contribution >= 4 is 7.28 Å². The second kappa shape index (κ2) is 3.41. The van der Waals surface area contributed by atoms with E-state index in [1.165, 1.54) is 0 Å². The summed E-state index contributed by atoms with van der Waals surface area (Å²) in [6, 6.07) is 0. The molecule has 0 amide bonds. The summed E-state index contributed by atoms with van der Waals surface area (Å²) in [5.74, 6) is 0.762. The Hall–Kier alpha value is -0.995. The van der Waals surface area contributed by atoms with Crippen molar-refractivity contribution in [1.82, 2.24) is 10.2 Å². The fourth-order valence-corrected chi connectivity index (χ4v) is 0.982. The van der Waals surface area contributed by atoms with Gasteiger partial charge in [0, 0.05) is 5.82 Å². The normalized spacial score (nSPS) is 12.9. The molecule has 5 heteroatoms. The van der Waals surface area contributed by atoms with Gasteiger partial charge in [0.1, 0.15) is 7.28 Å². The van der Waals surface area contributed by atoms with Gasteiger partial charge in [-0.1, -0.05) is 25.3 Å². The highest BCUT2D eigenvalue weighted by Crippen LogP contribution is 2.15. The summed E-state index contributed by atoms with van der Waals surface area (Å²) >= 11 is 0. The second-order valence-corrected chi connectivity index (χ2v) is 2.61. The van der Waals surface area contributed by atoms with Crippen LogP contribution in [0.15, 0.2) is 4.42 Å². The Morgan fingerprint density at radius 1 is 1.64 bits per heavy atom. The molecule has 0 aromatic carbocycles. The predicted molar refractivity (Wildman–Crippen MR) is 42.0 cm³/mol. The minimum atomic E-state index is -0.344. The van der Waals surface area contributed by atoms with Gasteiger partial charge in [-0.2, -0.15) is 0 Å². The summed E-state index contributed by atoms with van der Waals surface area (Å²) in [6.45, 7) is 4.09. The van der Waals surface area contributed by atoms with Crippen LogP contribution in [0.5, 0.6) is 6.08 Å². The minimum absolute atomic E-state index is 0.244. The lowest BCUT2D eigenvalue weighted by atomic mass is 9.63. The molecule has 0 aliphatic rings. The number of hydrogen-bond donors (Lipinski definition) is 1. The number of aromatic nitrogens is 2. The van der Waals surface area contributed by atoms with Crippen LogP contribution in [0.2, 0.25) is 6.32 Å². The van der Waals surface area contributed by atoms with E-state index in [0.29, 0.717) is 5.89 Å². The lowest BCUT2D eigenvalue weighted by molar-refractivity contribution is 0.303. The highest BCUT2D eigenvalue weighted by Gasteiger charge is 2.12. The lowest BCUT2D eigenvalue weighted by Crippen LogP contribution is -2.02. The first kappa shape index (κ1) is 8.10. The van der Waals surface area contributed by atoms with Gasteiger partial charge < -0.3 is 9.52 Å². The van der Waals surface area contributed by atoms with Gasteiger partial charge in [-0.05, 0) is 0 Å². The lowest BCUT2D eigenvalue weighted by Gasteiger charge is -1.99. The molecule has 1 heterocycles. The molecular weight excluding hydrogens is 143 g/mol. The smallest absolute Gasteiger partial charge is 0.412 e. The van der Waals surface area contributed by atoms with E-state index in [1.807, 2.05) is 6.92 Å². The van der Waals surface area contributed by atoms with Gasteiger partial charge in [-0.15, -0.1) is 5.10 Å². The molecule has 1 N–H and O–H groups in total. The maximum Gasteiger partial charge on any atom is 0.412 e. The summed E-state index contributed by atoms with van der Waals surface area (Å²) in [7, 11) is 1.00. The van der Waals surface area contributed by atoms with Gasteiger partial charge in [0.15, 0.2) is 0 Å². The molecule has 0 saturated carbocycles. The van der Waals surface area contributed by atoms with Crippen LogP contribution in [0.4, 0.5) is 0 Å². The molecule has 1 aromatic rings. The van der Waals surface area contributed by atoms with Crippen LogP contribution in [-0.4, -0.2) is 22.6 Å². The van der Waals surface area contributed by atoms with E-state index in [9.17, 15) is 0 Å². The molecule has 4 nitrogen and oxygen atoms in total. The van der Waals surface area contributed by atoms with Crippen molar-refractivity contribution < 1.29 is 9.52 Å². The van der Waals surface area contributed by atoms with Crippen molar-refractivity contribution in [3.05, 3.63) is 5.89 Å². The fraction of sp³-hybridized carbons (Fsp3) is 0.667. The van der Waals surface area contributed by atoms with Gasteiger partial charge in [0.25, 0.3) is 0 Å². The molecule has 1 aromatic heterocycles. The summed E-state index contributed by atoms with van der Waals surface area (Å²) in [5.41, 5.74) is 0. The van der Waals surface area contributed by atoms with Crippen LogP contribution < -0.4 is 0 Å². The zero-order valence-corrected chi connectivity index (χ0v) is 6.74. The standard InChI is InChI=1S/C6H11BN2O2/c1-3-7-4(2)5-8-9-6(10)11-5/h4,7H,3H2,1-2H3,(H,9,10). The molecule has 1 rings (SSSR count). The highest BCUT2D eigenvalue weighted by molar-refractivity contribution is 6.37. The van der Waals surface area contributed by atoms with E-state index in [-0.39, 0.29) is 11.9 Å². The van der Waals surface area contributed by atoms with Crippen molar-refractivity contribution in [2.75, 3.05) is 0 Å². The van der Waals surface area contributed by atoms with Crippen LogP contribution >= 0.6 is 0 Å². The third-order valence-electron chi connectivity index (χ3n) is 1.57. The Balaban J connectivity index is 2.60. The first-order chi connectivity index (χ1) is 5.24. The van der Waals surface area contributed by atoms with Crippen LogP contribution in [0.1, 0.15) is 25.6 Å². The van der Waals surface area contributed by atoms with Crippen molar-refractivity contribution in [2.45, 2.75) is 26.0 Å². The maximum absolute atomic E-state index is 8.73. The van der Waals surface area contributed by atoms with Crippen molar-refractivity contribution in [1.29, 1.82) is 0 Å². The highest BCUT2D eigenvalue weighted by atomic mass is 16.5. The average Bonchev–Trinajstić information content (AvgIpc) is 2.36. The van der Waals surface area contributed by atoms with Gasteiger partial charge in [-0.3, -0.25) is 0 Å². The van der Waals surface area contributed by atoms with Crippen molar-refractivity contribution in [3.8, 4) is 6.08 Å². The van der Waals surface area contributed by atoms with E-state index in [2.05, 4.69) is 17.1 Å². The topological polar surface area (TPSA) is 59.2 Å². The van der Waals surface area contributed by atoms with E-state index >= 15 is 0 Å². The third-order valence-corrected chi connectivity index (χ3v) is 1.57. The van der Waals surface area contributed by atoms with Gasteiger partial charge in [-0.25, -0.2) is 0 Å². The largest absolute Gasteiger partial charge is 0.465 e. The number of rotatable bonds is 3. The summed E-state index contributed by atoms with van der Waals surface area (Å²) in [4.78, 5) is 0. The van der Waals surface area contributed by atoms with E-state index in [1.54, 1.807) is 0 Å². The van der Waals surface area contributed by atoms with Crippen LogP contribution in [0.3, 0.4) is 0 Å². The number of hydrogen-bond acceptors (Lipinski definition) is 4. The Bertz CT molecular complexity index is 226. The number of aromatic hydroxyl groups is 1. The average molecular weight is 154 g/mol. The van der Waals surface area contributed by atoms with Gasteiger partial charge in [0.05, 0.1) is 0 Å². The Morgan fingerprint density at radius 3 is 2.82 bits per heavy atom. The third kappa shape index (κ3) is 1.96. The van der Waals surface area contributed by atoms with Crippen LogP contribution in [0, 0.1) is 0 Å². The van der Waals surface area contributed by atoms with Crippen LogP contribution in [0.25, 0.3) is 0 Å². The summed E-state index contributed by atoms with van der Waals surface area (Å²) in [5, 5.41) is 15.8. The van der Waals surface area contributed by atoms with E-state index < -0.39 is 0 Å². The Labute approximate surface area is 65.9 Å².